The molecule has 0 fully saturated rings. The zero-order valence-corrected chi connectivity index (χ0v) is 12.6. The Morgan fingerprint density at radius 3 is 2.67 bits per heavy atom. The van der Waals surface area contributed by atoms with Crippen LogP contribution in [0.4, 0.5) is 0 Å². The fraction of sp³-hybridized carbons (Fsp3) is 0.200. The summed E-state index contributed by atoms with van der Waals surface area (Å²) in [6, 6.07) is 9.16. The van der Waals surface area contributed by atoms with Crippen LogP contribution >= 0.6 is 11.3 Å². The second-order valence-electron chi connectivity index (χ2n) is 4.54. The monoisotopic (exact) mass is 304 g/mol. The van der Waals surface area contributed by atoms with Crippen molar-refractivity contribution in [1.82, 2.24) is 10.9 Å². The van der Waals surface area contributed by atoms with Crippen molar-refractivity contribution in [3.8, 4) is 5.75 Å². The zero-order chi connectivity index (χ0) is 15.2. The van der Waals surface area contributed by atoms with E-state index in [9.17, 15) is 9.59 Å². The lowest BCUT2D eigenvalue weighted by Gasteiger charge is -2.10. The van der Waals surface area contributed by atoms with Gasteiger partial charge in [0.25, 0.3) is 11.8 Å². The Labute approximate surface area is 126 Å². The number of nitrogens with one attached hydrogen (secondary N) is 2. The lowest BCUT2D eigenvalue weighted by molar-refractivity contribution is -0.123. The molecule has 0 aliphatic rings. The van der Waals surface area contributed by atoms with E-state index in [0.29, 0.717) is 10.6 Å². The number of rotatable bonds is 4. The number of carbonyl (C=O) groups excluding carboxylic acids is 2. The molecule has 1 heterocycles. The van der Waals surface area contributed by atoms with Crippen molar-refractivity contribution in [2.24, 2.45) is 0 Å². The lowest BCUT2D eigenvalue weighted by atomic mass is 10.1. The third-order valence-electron chi connectivity index (χ3n) is 2.75. The maximum Gasteiger partial charge on any atom is 0.279 e. The molecule has 1 aromatic carbocycles. The first-order chi connectivity index (χ1) is 10.1. The average Bonchev–Trinajstić information content (AvgIpc) is 2.98. The van der Waals surface area contributed by atoms with Crippen LogP contribution < -0.4 is 15.6 Å². The van der Waals surface area contributed by atoms with Gasteiger partial charge in [-0.2, -0.15) is 0 Å². The molecule has 0 unspecified atom stereocenters. The summed E-state index contributed by atoms with van der Waals surface area (Å²) in [6.07, 6.45) is 0. The van der Waals surface area contributed by atoms with Crippen LogP contribution in [-0.2, 0) is 4.79 Å². The highest BCUT2D eigenvalue weighted by atomic mass is 32.1. The van der Waals surface area contributed by atoms with Crippen LogP contribution in [0.1, 0.15) is 20.8 Å². The van der Waals surface area contributed by atoms with Gasteiger partial charge in [-0.15, -0.1) is 11.3 Å². The van der Waals surface area contributed by atoms with Crippen molar-refractivity contribution in [2.75, 3.05) is 6.61 Å². The topological polar surface area (TPSA) is 67.4 Å². The number of carbonyl (C=O) groups is 2. The van der Waals surface area contributed by atoms with Gasteiger partial charge >= 0.3 is 0 Å². The third-order valence-corrected chi connectivity index (χ3v) is 3.62. The van der Waals surface area contributed by atoms with Gasteiger partial charge in [0.2, 0.25) is 0 Å². The smallest absolute Gasteiger partial charge is 0.279 e. The first kappa shape index (κ1) is 15.1. The minimum absolute atomic E-state index is 0.158. The normalized spacial score (nSPS) is 10.0. The SMILES string of the molecule is Cc1ccc(OCC(=O)NNC(=O)c2cccs2)c(C)c1. The fourth-order valence-corrected chi connectivity index (χ4v) is 2.36. The standard InChI is InChI=1S/C15H16N2O3S/c1-10-5-6-12(11(2)8-10)20-9-14(18)16-17-15(19)13-4-3-7-21-13/h3-8H,9H2,1-2H3,(H,16,18)(H,17,19). The Balaban J connectivity index is 1.78. The van der Waals surface area contributed by atoms with Crippen LogP contribution in [-0.4, -0.2) is 18.4 Å². The Morgan fingerprint density at radius 1 is 1.19 bits per heavy atom. The molecular formula is C15H16N2O3S. The molecule has 2 rings (SSSR count). The Bertz CT molecular complexity index is 638. The molecule has 0 aliphatic carbocycles. The van der Waals surface area contributed by atoms with Crippen LogP contribution in [0.15, 0.2) is 35.7 Å². The molecule has 21 heavy (non-hydrogen) atoms. The van der Waals surface area contributed by atoms with Gasteiger partial charge in [0.05, 0.1) is 4.88 Å². The van der Waals surface area contributed by atoms with E-state index in [1.807, 2.05) is 32.0 Å². The number of thiophene rings is 1. The summed E-state index contributed by atoms with van der Waals surface area (Å²) in [4.78, 5) is 23.8. The highest BCUT2D eigenvalue weighted by molar-refractivity contribution is 7.12. The number of aryl methyl sites for hydroxylation is 2. The predicted octanol–water partition coefficient (Wildman–Crippen LogP) is 2.20. The molecule has 0 saturated carbocycles. The van der Waals surface area contributed by atoms with Gasteiger partial charge in [0.1, 0.15) is 5.75 Å². The van der Waals surface area contributed by atoms with Crippen molar-refractivity contribution in [3.63, 3.8) is 0 Å². The van der Waals surface area contributed by atoms with E-state index in [4.69, 9.17) is 4.74 Å². The maximum atomic E-state index is 11.6. The molecule has 2 amide bonds. The van der Waals surface area contributed by atoms with E-state index < -0.39 is 5.91 Å². The van der Waals surface area contributed by atoms with Gasteiger partial charge in [-0.1, -0.05) is 23.8 Å². The van der Waals surface area contributed by atoms with Crippen molar-refractivity contribution in [2.45, 2.75) is 13.8 Å². The van der Waals surface area contributed by atoms with Crippen molar-refractivity contribution < 1.29 is 14.3 Å². The van der Waals surface area contributed by atoms with Gasteiger partial charge in [-0.05, 0) is 36.9 Å². The number of amides is 2. The maximum absolute atomic E-state index is 11.6. The van der Waals surface area contributed by atoms with Gasteiger partial charge in [0.15, 0.2) is 6.61 Å². The molecular weight excluding hydrogens is 288 g/mol. The molecule has 6 heteroatoms. The summed E-state index contributed by atoms with van der Waals surface area (Å²) >= 11 is 1.30. The van der Waals surface area contributed by atoms with Gasteiger partial charge in [-0.3, -0.25) is 20.4 Å². The highest BCUT2D eigenvalue weighted by Crippen LogP contribution is 2.18. The molecule has 0 aliphatic heterocycles. The number of ether oxygens (including phenoxy) is 1. The van der Waals surface area contributed by atoms with Crippen LogP contribution in [0.3, 0.4) is 0 Å². The average molecular weight is 304 g/mol. The number of benzene rings is 1. The van der Waals surface area contributed by atoms with E-state index >= 15 is 0 Å². The van der Waals surface area contributed by atoms with Crippen molar-refractivity contribution >= 4 is 23.2 Å². The van der Waals surface area contributed by atoms with Gasteiger partial charge in [-0.25, -0.2) is 0 Å². The minimum atomic E-state index is -0.417. The third kappa shape index (κ3) is 4.32. The van der Waals surface area contributed by atoms with E-state index in [0.717, 1.165) is 11.1 Å². The molecule has 0 saturated heterocycles. The fourth-order valence-electron chi connectivity index (χ4n) is 1.74. The highest BCUT2D eigenvalue weighted by Gasteiger charge is 2.09. The number of hydrogen-bond acceptors (Lipinski definition) is 4. The van der Waals surface area contributed by atoms with Gasteiger partial charge in [0, 0.05) is 0 Å². The molecule has 2 N–H and O–H groups in total. The summed E-state index contributed by atoms with van der Waals surface area (Å²) in [5.74, 6) is -0.106. The largest absolute Gasteiger partial charge is 0.483 e. The van der Waals surface area contributed by atoms with E-state index in [1.165, 1.54) is 11.3 Å². The Kier molecular flexibility index (Phi) is 4.94. The molecule has 110 valence electrons. The molecule has 0 atom stereocenters. The second kappa shape index (κ2) is 6.90. The summed E-state index contributed by atoms with van der Waals surface area (Å²) in [6.45, 7) is 3.75. The summed E-state index contributed by atoms with van der Waals surface area (Å²) in [7, 11) is 0. The first-order valence-electron chi connectivity index (χ1n) is 6.39. The van der Waals surface area contributed by atoms with Crippen LogP contribution in [0, 0.1) is 13.8 Å². The van der Waals surface area contributed by atoms with E-state index in [2.05, 4.69) is 10.9 Å². The Hall–Kier alpha value is -2.34. The van der Waals surface area contributed by atoms with Gasteiger partial charge < -0.3 is 4.74 Å². The molecule has 2 aromatic rings. The molecule has 0 radical (unpaired) electrons. The summed E-state index contributed by atoms with van der Waals surface area (Å²) in [5, 5.41) is 1.79. The van der Waals surface area contributed by atoms with Crippen LogP contribution in [0.2, 0.25) is 0 Å². The summed E-state index contributed by atoms with van der Waals surface area (Å²) in [5.41, 5.74) is 6.75. The summed E-state index contributed by atoms with van der Waals surface area (Å²) < 4.78 is 5.42. The molecule has 0 spiro atoms. The minimum Gasteiger partial charge on any atom is -0.483 e. The predicted molar refractivity (Wildman–Crippen MR) is 81.3 cm³/mol. The molecule has 5 nitrogen and oxygen atoms in total. The molecule has 1 aromatic heterocycles. The van der Waals surface area contributed by atoms with E-state index in [1.54, 1.807) is 17.5 Å². The lowest BCUT2D eigenvalue weighted by Crippen LogP contribution is -2.43. The number of hydrogen-bond donors (Lipinski definition) is 2. The molecule has 0 bridgehead atoms. The van der Waals surface area contributed by atoms with Crippen LogP contribution in [0.25, 0.3) is 0 Å². The first-order valence-corrected chi connectivity index (χ1v) is 7.27. The van der Waals surface area contributed by atoms with Crippen LogP contribution in [0.5, 0.6) is 5.75 Å². The second-order valence-corrected chi connectivity index (χ2v) is 5.48. The van der Waals surface area contributed by atoms with E-state index in [-0.39, 0.29) is 12.5 Å². The number of hydrazine groups is 1. The van der Waals surface area contributed by atoms with Crippen molar-refractivity contribution in [1.29, 1.82) is 0 Å². The quantitative estimate of drug-likeness (QED) is 0.851. The Morgan fingerprint density at radius 2 is 2.00 bits per heavy atom. The van der Waals surface area contributed by atoms with Crippen molar-refractivity contribution in [3.05, 3.63) is 51.7 Å². The zero-order valence-electron chi connectivity index (χ0n) is 11.8.